The molecule has 1 aliphatic carbocycles. The van der Waals surface area contributed by atoms with E-state index in [1.165, 1.54) is 15.6 Å². The van der Waals surface area contributed by atoms with Gasteiger partial charge in [0.2, 0.25) is 0 Å². The first-order valence-electron chi connectivity index (χ1n) is 10.5. The van der Waals surface area contributed by atoms with E-state index in [9.17, 15) is 18.0 Å². The molecule has 0 fully saturated rings. The molecule has 0 amide bonds. The monoisotopic (exact) mass is 465 g/mol. The highest BCUT2D eigenvalue weighted by Gasteiger charge is 2.38. The fourth-order valence-electron chi connectivity index (χ4n) is 4.28. The van der Waals surface area contributed by atoms with Gasteiger partial charge in [0.25, 0.3) is 0 Å². The predicted octanol–water partition coefficient (Wildman–Crippen LogP) is 7.71. The van der Waals surface area contributed by atoms with Crippen molar-refractivity contribution >= 4 is 26.5 Å². The van der Waals surface area contributed by atoms with Crippen molar-refractivity contribution in [3.05, 3.63) is 112 Å². The van der Waals surface area contributed by atoms with Crippen LogP contribution in [0, 0.1) is 24.4 Å². The molecular weight excluding hydrogens is 445 g/mol. The number of aryl methyl sites for hydroxylation is 1. The van der Waals surface area contributed by atoms with Crippen LogP contribution >= 0.6 is 10.5 Å². The van der Waals surface area contributed by atoms with Crippen LogP contribution in [-0.2, 0) is 10.3 Å². The van der Waals surface area contributed by atoms with Crippen molar-refractivity contribution in [2.24, 2.45) is 0 Å². The Balaban J connectivity index is 1.44. The molecule has 0 radical (unpaired) electrons. The van der Waals surface area contributed by atoms with Gasteiger partial charge in [-0.25, -0.2) is 18.0 Å². The van der Waals surface area contributed by atoms with Crippen LogP contribution in [0.25, 0.3) is 15.0 Å². The van der Waals surface area contributed by atoms with E-state index in [1.807, 2.05) is 24.3 Å². The van der Waals surface area contributed by atoms with E-state index in [-0.39, 0.29) is 16.0 Å². The Morgan fingerprint density at radius 2 is 1.70 bits per heavy atom. The van der Waals surface area contributed by atoms with Crippen molar-refractivity contribution in [2.45, 2.75) is 25.4 Å². The van der Waals surface area contributed by atoms with Gasteiger partial charge in [-0.1, -0.05) is 18.2 Å². The second-order valence-electron chi connectivity index (χ2n) is 8.13. The minimum absolute atomic E-state index is 0.0716. The molecule has 1 aliphatic rings. The number of esters is 1. The molecule has 2 atom stereocenters. The highest BCUT2D eigenvalue weighted by atomic mass is 32.2. The second-order valence-corrected chi connectivity index (χ2v) is 9.96. The van der Waals surface area contributed by atoms with Crippen LogP contribution in [0.15, 0.2) is 78.2 Å². The molecule has 0 aliphatic heterocycles. The number of halogens is 3. The Kier molecular flexibility index (Phi) is 5.33. The molecule has 6 heteroatoms. The molecule has 2 unspecified atom stereocenters. The lowest BCUT2D eigenvalue weighted by molar-refractivity contribution is 0.00148. The molecule has 33 heavy (non-hydrogen) atoms. The van der Waals surface area contributed by atoms with Crippen molar-refractivity contribution < 1.29 is 22.7 Å². The van der Waals surface area contributed by atoms with E-state index in [0.717, 1.165) is 17.0 Å². The Bertz CT molecular complexity index is 1380. The Hall–Kier alpha value is -3.38. The maximum atomic E-state index is 13.9. The van der Waals surface area contributed by atoms with Crippen LogP contribution in [0.4, 0.5) is 13.2 Å². The smallest absolute Gasteiger partial charge is 0.339 e. The van der Waals surface area contributed by atoms with Gasteiger partial charge in [-0.2, -0.15) is 0 Å². The third-order valence-corrected chi connectivity index (χ3v) is 8.20. The quantitative estimate of drug-likeness (QED) is 0.134. The SMILES string of the molecule is Cc1c[s+](-c2ccc(C(=O)OC3(c4cc(F)c(F)c(F)c4)C=CCC3)cc2)c2ccccc12. The molecule has 0 N–H and O–H groups in total. The minimum atomic E-state index is -1.55. The van der Waals surface area contributed by atoms with E-state index in [0.29, 0.717) is 18.4 Å². The molecular formula is C27H20F3O2S+. The third-order valence-electron chi connectivity index (χ3n) is 6.00. The van der Waals surface area contributed by atoms with E-state index in [2.05, 4.69) is 24.4 Å². The molecule has 0 saturated carbocycles. The number of rotatable bonds is 4. The van der Waals surface area contributed by atoms with Gasteiger partial charge in [0.15, 0.2) is 32.6 Å². The zero-order valence-electron chi connectivity index (χ0n) is 17.8. The summed E-state index contributed by atoms with van der Waals surface area (Å²) in [6, 6.07) is 17.2. The van der Waals surface area contributed by atoms with Gasteiger partial charge in [-0.15, -0.1) is 0 Å². The van der Waals surface area contributed by atoms with Gasteiger partial charge in [-0.05, 0) is 74.4 Å². The Morgan fingerprint density at radius 1 is 1.00 bits per heavy atom. The van der Waals surface area contributed by atoms with E-state index >= 15 is 0 Å². The number of fused-ring (bicyclic) bond motifs is 1. The number of benzene rings is 3. The summed E-state index contributed by atoms with van der Waals surface area (Å²) in [5, 5.41) is 3.46. The average Bonchev–Trinajstić information content (AvgIpc) is 3.43. The fourth-order valence-corrected chi connectivity index (χ4v) is 6.40. The average molecular weight is 466 g/mol. The zero-order valence-corrected chi connectivity index (χ0v) is 18.6. The number of allylic oxidation sites excluding steroid dienone is 1. The maximum absolute atomic E-state index is 13.9. The van der Waals surface area contributed by atoms with Crippen LogP contribution in [-0.4, -0.2) is 5.97 Å². The molecule has 5 rings (SSSR count). The van der Waals surface area contributed by atoms with Gasteiger partial charge >= 0.3 is 5.97 Å². The molecule has 0 spiro atoms. The van der Waals surface area contributed by atoms with Gasteiger partial charge in [-0.3, -0.25) is 0 Å². The topological polar surface area (TPSA) is 26.3 Å². The number of hydrogen-bond donors (Lipinski definition) is 0. The first kappa shape index (κ1) is 21.5. The van der Waals surface area contributed by atoms with Crippen LogP contribution in [0.1, 0.15) is 34.3 Å². The Labute approximate surface area is 191 Å². The summed E-state index contributed by atoms with van der Waals surface area (Å²) in [7, 11) is -0.211. The maximum Gasteiger partial charge on any atom is 0.339 e. The van der Waals surface area contributed by atoms with Gasteiger partial charge in [0, 0.05) is 27.0 Å². The molecule has 0 bridgehead atoms. The van der Waals surface area contributed by atoms with Crippen LogP contribution in [0.5, 0.6) is 0 Å². The van der Waals surface area contributed by atoms with Crippen molar-refractivity contribution in [1.82, 2.24) is 0 Å². The number of ether oxygens (including phenoxy) is 1. The number of thiophene rings is 1. The highest BCUT2D eigenvalue weighted by Crippen LogP contribution is 2.42. The van der Waals surface area contributed by atoms with Crippen molar-refractivity contribution in [1.29, 1.82) is 0 Å². The van der Waals surface area contributed by atoms with Crippen LogP contribution < -0.4 is 0 Å². The molecule has 4 aromatic rings. The Morgan fingerprint density at radius 3 is 2.36 bits per heavy atom. The van der Waals surface area contributed by atoms with Crippen molar-refractivity contribution in [3.63, 3.8) is 0 Å². The fraction of sp³-hybridized carbons (Fsp3) is 0.148. The molecule has 1 heterocycles. The largest absolute Gasteiger partial charge is 0.446 e. The lowest BCUT2D eigenvalue weighted by atomic mass is 9.92. The summed E-state index contributed by atoms with van der Waals surface area (Å²) in [6.07, 6.45) is 4.28. The van der Waals surface area contributed by atoms with Crippen molar-refractivity contribution in [3.8, 4) is 4.90 Å². The van der Waals surface area contributed by atoms with Crippen molar-refractivity contribution in [2.75, 3.05) is 0 Å². The number of hydrogen-bond acceptors (Lipinski definition) is 2. The molecule has 0 saturated heterocycles. The lowest BCUT2D eigenvalue weighted by Gasteiger charge is -2.28. The number of carbonyl (C=O) groups excluding carboxylic acids is 1. The molecule has 3 aromatic carbocycles. The first-order valence-corrected chi connectivity index (χ1v) is 11.8. The normalized spacial score (nSPS) is 18.1. The van der Waals surface area contributed by atoms with Gasteiger partial charge < -0.3 is 4.74 Å². The summed E-state index contributed by atoms with van der Waals surface area (Å²) in [5.74, 6) is -4.78. The predicted molar refractivity (Wildman–Crippen MR) is 124 cm³/mol. The third kappa shape index (κ3) is 3.74. The van der Waals surface area contributed by atoms with Crippen LogP contribution in [0.2, 0.25) is 0 Å². The second kappa shape index (κ2) is 8.19. The summed E-state index contributed by atoms with van der Waals surface area (Å²) in [4.78, 5) is 14.0. The summed E-state index contributed by atoms with van der Waals surface area (Å²) >= 11 is 0. The molecule has 1 aromatic heterocycles. The highest BCUT2D eigenvalue weighted by molar-refractivity contribution is 7.43. The zero-order chi connectivity index (χ0) is 23.2. The summed E-state index contributed by atoms with van der Waals surface area (Å²) in [6.45, 7) is 2.09. The van der Waals surface area contributed by atoms with E-state index < -0.39 is 29.0 Å². The minimum Gasteiger partial charge on any atom is -0.446 e. The van der Waals surface area contributed by atoms with Crippen LogP contribution in [0.3, 0.4) is 0 Å². The molecule has 2 nitrogen and oxygen atoms in total. The number of carbonyl (C=O) groups is 1. The summed E-state index contributed by atoms with van der Waals surface area (Å²) in [5.41, 5.74) is 0.295. The van der Waals surface area contributed by atoms with Gasteiger partial charge in [0.1, 0.15) is 5.38 Å². The standard InChI is InChI=1S/C27H20F3O2S/c1-17-16-33(24-7-3-2-6-21(17)24)20-10-8-18(9-11-20)26(31)32-27(12-4-5-13-27)19-14-22(28)25(30)23(29)15-19/h2-4,6-12,14-16H,5,13H2,1H3/q+1. The van der Waals surface area contributed by atoms with Gasteiger partial charge in [0.05, 0.1) is 5.56 Å². The summed E-state index contributed by atoms with van der Waals surface area (Å²) < 4.78 is 48.2. The molecule has 166 valence electrons. The lowest BCUT2D eigenvalue weighted by Crippen LogP contribution is -2.29. The first-order chi connectivity index (χ1) is 15.9. The van der Waals surface area contributed by atoms with E-state index in [1.54, 1.807) is 24.3 Å². The van der Waals surface area contributed by atoms with E-state index in [4.69, 9.17) is 4.74 Å².